The molecular weight excluding hydrogens is 466 g/mol. The van der Waals surface area contributed by atoms with Gasteiger partial charge in [0.1, 0.15) is 0 Å². The van der Waals surface area contributed by atoms with Crippen LogP contribution in [0, 0.1) is 5.41 Å². The maximum atomic E-state index is 13.4. The Labute approximate surface area is 214 Å². The number of nitrogens with one attached hydrogen (secondary N) is 1. The first kappa shape index (κ1) is 23.2. The number of rotatable bonds is 4. The highest BCUT2D eigenvalue weighted by atomic mass is 16.2. The maximum absolute atomic E-state index is 13.4. The molecule has 0 atom stereocenters. The van der Waals surface area contributed by atoms with E-state index in [9.17, 15) is 14.4 Å². The van der Waals surface area contributed by atoms with Crippen molar-refractivity contribution in [1.29, 1.82) is 0 Å². The zero-order chi connectivity index (χ0) is 25.4. The van der Waals surface area contributed by atoms with Gasteiger partial charge in [0.25, 0.3) is 11.5 Å². The number of benzene rings is 2. The molecule has 1 N–H and O–H groups in total. The molecule has 6 rings (SSSR count). The SMILES string of the molecule is O=C(Cc1n[nH]c(=O)c2ccccc12)N1CCC2(CCN(C(=O)c3ccccc3-n3cccc3)CC2)C1. The average molecular weight is 496 g/mol. The van der Waals surface area contributed by atoms with Crippen molar-refractivity contribution < 1.29 is 9.59 Å². The highest BCUT2D eigenvalue weighted by molar-refractivity contribution is 5.98. The molecule has 0 aliphatic carbocycles. The van der Waals surface area contributed by atoms with Crippen LogP contribution in [-0.2, 0) is 11.2 Å². The number of hydrogen-bond acceptors (Lipinski definition) is 4. The predicted molar refractivity (Wildman–Crippen MR) is 141 cm³/mol. The molecule has 4 aromatic rings. The van der Waals surface area contributed by atoms with Crippen molar-refractivity contribution in [2.45, 2.75) is 25.7 Å². The first-order valence-electron chi connectivity index (χ1n) is 12.8. The summed E-state index contributed by atoms with van der Waals surface area (Å²) in [6, 6.07) is 18.9. The Bertz CT molecular complexity index is 1520. The van der Waals surface area contributed by atoms with E-state index in [1.807, 2.05) is 81.4 Å². The van der Waals surface area contributed by atoms with E-state index in [2.05, 4.69) is 10.2 Å². The molecule has 2 fully saturated rings. The summed E-state index contributed by atoms with van der Waals surface area (Å²) in [6.45, 7) is 2.79. The van der Waals surface area contributed by atoms with E-state index in [1.165, 1.54) is 0 Å². The summed E-state index contributed by atoms with van der Waals surface area (Å²) in [7, 11) is 0. The Kier molecular flexibility index (Phi) is 5.87. The van der Waals surface area contributed by atoms with Gasteiger partial charge in [-0.05, 0) is 55.0 Å². The van der Waals surface area contributed by atoms with Gasteiger partial charge in [0, 0.05) is 44.0 Å². The lowest BCUT2D eigenvalue weighted by molar-refractivity contribution is -0.130. The molecule has 8 heteroatoms. The normalized spacial score (nSPS) is 17.0. The van der Waals surface area contributed by atoms with E-state index in [0.29, 0.717) is 42.8 Å². The maximum Gasteiger partial charge on any atom is 0.272 e. The lowest BCUT2D eigenvalue weighted by atomic mass is 9.77. The monoisotopic (exact) mass is 495 g/mol. The number of carbonyl (C=O) groups is 2. The number of piperidine rings is 1. The third-order valence-corrected chi connectivity index (χ3v) is 8.01. The van der Waals surface area contributed by atoms with Crippen molar-refractivity contribution in [3.05, 3.63) is 94.7 Å². The van der Waals surface area contributed by atoms with Gasteiger partial charge in [-0.1, -0.05) is 30.3 Å². The average Bonchev–Trinajstić information content (AvgIpc) is 3.62. The van der Waals surface area contributed by atoms with Crippen molar-refractivity contribution in [1.82, 2.24) is 24.6 Å². The van der Waals surface area contributed by atoms with Crippen molar-refractivity contribution in [3.63, 3.8) is 0 Å². The van der Waals surface area contributed by atoms with Crippen LogP contribution in [0.5, 0.6) is 0 Å². The molecule has 4 heterocycles. The van der Waals surface area contributed by atoms with E-state index in [0.717, 1.165) is 30.3 Å². The van der Waals surface area contributed by atoms with Crippen LogP contribution >= 0.6 is 0 Å². The van der Waals surface area contributed by atoms with Crippen LogP contribution in [0.2, 0.25) is 0 Å². The molecule has 2 aliphatic rings. The summed E-state index contributed by atoms with van der Waals surface area (Å²) < 4.78 is 1.97. The number of aromatic nitrogens is 3. The van der Waals surface area contributed by atoms with E-state index in [-0.39, 0.29) is 29.2 Å². The molecule has 8 nitrogen and oxygen atoms in total. The van der Waals surface area contributed by atoms with Gasteiger partial charge in [-0.3, -0.25) is 14.4 Å². The van der Waals surface area contributed by atoms with Gasteiger partial charge in [-0.15, -0.1) is 0 Å². The lowest BCUT2D eigenvalue weighted by Crippen LogP contribution is -2.45. The van der Waals surface area contributed by atoms with Gasteiger partial charge >= 0.3 is 0 Å². The zero-order valence-electron chi connectivity index (χ0n) is 20.6. The second-order valence-corrected chi connectivity index (χ2v) is 10.2. The molecule has 0 bridgehead atoms. The van der Waals surface area contributed by atoms with Crippen LogP contribution < -0.4 is 5.56 Å². The van der Waals surface area contributed by atoms with E-state index in [1.54, 1.807) is 6.07 Å². The number of carbonyl (C=O) groups excluding carboxylic acids is 2. The number of hydrogen-bond donors (Lipinski definition) is 1. The highest BCUT2D eigenvalue weighted by Crippen LogP contribution is 2.41. The molecule has 2 saturated heterocycles. The summed E-state index contributed by atoms with van der Waals surface area (Å²) in [6.07, 6.45) is 6.77. The number of nitrogens with zero attached hydrogens (tertiary/aromatic N) is 4. The lowest BCUT2D eigenvalue weighted by Gasteiger charge is -2.39. The zero-order valence-corrected chi connectivity index (χ0v) is 20.6. The quantitative estimate of drug-likeness (QED) is 0.470. The molecule has 1 spiro atoms. The minimum absolute atomic E-state index is 0.0285. The van der Waals surface area contributed by atoms with Crippen molar-refractivity contribution in [3.8, 4) is 5.69 Å². The third-order valence-electron chi connectivity index (χ3n) is 8.01. The van der Waals surface area contributed by atoms with Crippen molar-refractivity contribution in [2.24, 2.45) is 5.41 Å². The molecule has 2 amide bonds. The van der Waals surface area contributed by atoms with Crippen LogP contribution in [-0.4, -0.2) is 62.6 Å². The van der Waals surface area contributed by atoms with E-state index >= 15 is 0 Å². The number of amides is 2. The molecule has 0 unspecified atom stereocenters. The Morgan fingerprint density at radius 1 is 0.838 bits per heavy atom. The Morgan fingerprint density at radius 3 is 2.24 bits per heavy atom. The van der Waals surface area contributed by atoms with Crippen molar-refractivity contribution in [2.75, 3.05) is 26.2 Å². The van der Waals surface area contributed by atoms with E-state index in [4.69, 9.17) is 0 Å². The Morgan fingerprint density at radius 2 is 1.49 bits per heavy atom. The second kappa shape index (κ2) is 9.35. The largest absolute Gasteiger partial charge is 0.342 e. The topological polar surface area (TPSA) is 91.3 Å². The van der Waals surface area contributed by atoms with Crippen LogP contribution in [0.3, 0.4) is 0 Å². The number of H-pyrrole nitrogens is 1. The summed E-state index contributed by atoms with van der Waals surface area (Å²) in [4.78, 5) is 42.6. The van der Waals surface area contributed by atoms with Gasteiger partial charge in [0.2, 0.25) is 5.91 Å². The molecular formula is C29H29N5O3. The number of para-hydroxylation sites is 1. The predicted octanol–water partition coefficient (Wildman–Crippen LogP) is 3.41. The fraction of sp³-hybridized carbons (Fsp3) is 0.310. The first-order valence-corrected chi connectivity index (χ1v) is 12.8. The number of likely N-dealkylation sites (tertiary alicyclic amines) is 2. The van der Waals surface area contributed by atoms with Crippen molar-refractivity contribution >= 4 is 22.6 Å². The second-order valence-electron chi connectivity index (χ2n) is 10.2. The van der Waals surface area contributed by atoms with E-state index < -0.39 is 0 Å². The minimum Gasteiger partial charge on any atom is -0.342 e. The summed E-state index contributed by atoms with van der Waals surface area (Å²) in [5.41, 5.74) is 2.00. The van der Waals surface area contributed by atoms with Crippen LogP contribution in [0.15, 0.2) is 77.9 Å². The molecule has 0 radical (unpaired) electrons. The smallest absolute Gasteiger partial charge is 0.272 e. The third kappa shape index (κ3) is 4.33. The summed E-state index contributed by atoms with van der Waals surface area (Å²) >= 11 is 0. The Balaban J connectivity index is 1.11. The highest BCUT2D eigenvalue weighted by Gasteiger charge is 2.43. The Hall–Kier alpha value is -4.20. The molecule has 2 aromatic heterocycles. The van der Waals surface area contributed by atoms with Gasteiger partial charge in [0.15, 0.2) is 0 Å². The summed E-state index contributed by atoms with van der Waals surface area (Å²) in [5, 5.41) is 7.97. The molecule has 188 valence electrons. The summed E-state index contributed by atoms with van der Waals surface area (Å²) in [5.74, 6) is 0.0850. The van der Waals surface area contributed by atoms with Crippen LogP contribution in [0.1, 0.15) is 35.3 Å². The molecule has 2 aliphatic heterocycles. The van der Waals surface area contributed by atoms with Gasteiger partial charge in [-0.25, -0.2) is 5.10 Å². The van der Waals surface area contributed by atoms with Gasteiger partial charge in [0.05, 0.1) is 28.8 Å². The standard InChI is InChI=1S/C29H29N5O3/c35-26(19-24-21-7-1-2-8-22(21)27(36)31-30-24)34-18-13-29(20-34)11-16-33(17-12-29)28(37)23-9-3-4-10-25(23)32-14-5-6-15-32/h1-10,14-15H,11-13,16-20H2,(H,31,36). The number of fused-ring (bicyclic) bond motifs is 1. The van der Waals surface area contributed by atoms with Crippen LogP contribution in [0.4, 0.5) is 0 Å². The molecule has 37 heavy (non-hydrogen) atoms. The first-order chi connectivity index (χ1) is 18.0. The molecule has 0 saturated carbocycles. The fourth-order valence-electron chi connectivity index (χ4n) is 5.85. The van der Waals surface area contributed by atoms with Gasteiger partial charge < -0.3 is 14.4 Å². The fourth-order valence-corrected chi connectivity index (χ4v) is 5.85. The minimum atomic E-state index is -0.246. The van der Waals surface area contributed by atoms with Gasteiger partial charge in [-0.2, -0.15) is 5.10 Å². The van der Waals surface area contributed by atoms with Crippen LogP contribution in [0.25, 0.3) is 16.5 Å². The molecule has 2 aromatic carbocycles. The number of aromatic amines is 1.